The number of benzene rings is 1. The van der Waals surface area contributed by atoms with E-state index < -0.39 is 8.07 Å². The molecule has 0 unspecified atom stereocenters. The van der Waals surface area contributed by atoms with Crippen molar-refractivity contribution in [2.75, 3.05) is 6.61 Å². The van der Waals surface area contributed by atoms with Crippen molar-refractivity contribution in [3.8, 4) is 0 Å². The highest BCUT2D eigenvalue weighted by atomic mass is 28.3. The second-order valence-electron chi connectivity index (χ2n) is 7.98. The largest absolute Gasteiger partial charge is 0.376 e. The molecule has 0 spiro atoms. The van der Waals surface area contributed by atoms with E-state index in [2.05, 4.69) is 68.7 Å². The first-order valence-corrected chi connectivity index (χ1v) is 13.6. The van der Waals surface area contributed by atoms with Crippen molar-refractivity contribution in [1.29, 1.82) is 0 Å². The Kier molecular flexibility index (Phi) is 11.5. The maximum Gasteiger partial charge on any atom is 0.0717 e. The summed E-state index contributed by atoms with van der Waals surface area (Å²) in [7, 11) is -1.13. The van der Waals surface area contributed by atoms with Gasteiger partial charge in [-0.25, -0.2) is 0 Å². The first kappa shape index (κ1) is 21.9. The monoisotopic (exact) mass is 358 g/mol. The molecule has 0 atom stereocenters. The van der Waals surface area contributed by atoms with Gasteiger partial charge in [0.2, 0.25) is 0 Å². The van der Waals surface area contributed by atoms with Crippen LogP contribution in [0.15, 0.2) is 53.8 Å². The number of rotatable bonds is 13. The molecular weight excluding hydrogens is 320 g/mol. The number of ether oxygens (including phenoxy) is 1. The van der Waals surface area contributed by atoms with Gasteiger partial charge in [-0.05, 0) is 31.2 Å². The third-order valence-corrected chi connectivity index (χ3v) is 5.35. The Morgan fingerprint density at radius 2 is 1.76 bits per heavy atom. The van der Waals surface area contributed by atoms with E-state index in [9.17, 15) is 0 Å². The quantitative estimate of drug-likeness (QED) is 0.204. The van der Waals surface area contributed by atoms with E-state index in [4.69, 9.17) is 4.74 Å². The van der Waals surface area contributed by atoms with Crippen LogP contribution in [0.4, 0.5) is 0 Å². The Hall–Kier alpha value is -1.12. The fourth-order valence-electron chi connectivity index (χ4n) is 2.89. The van der Waals surface area contributed by atoms with E-state index in [1.807, 2.05) is 6.07 Å². The fourth-order valence-corrected chi connectivity index (χ4v) is 4.38. The molecule has 0 aliphatic heterocycles. The lowest BCUT2D eigenvalue weighted by Crippen LogP contribution is -2.16. The van der Waals surface area contributed by atoms with Crippen LogP contribution < -0.4 is 0 Å². The molecule has 0 aliphatic carbocycles. The van der Waals surface area contributed by atoms with Crippen LogP contribution in [0.1, 0.15) is 57.4 Å². The maximum atomic E-state index is 5.74. The van der Waals surface area contributed by atoms with E-state index in [0.29, 0.717) is 6.61 Å². The van der Waals surface area contributed by atoms with Gasteiger partial charge < -0.3 is 4.74 Å². The predicted molar refractivity (Wildman–Crippen MR) is 115 cm³/mol. The average molecular weight is 359 g/mol. The van der Waals surface area contributed by atoms with E-state index in [-0.39, 0.29) is 0 Å². The highest BCUT2D eigenvalue weighted by Gasteiger charge is 2.10. The first-order valence-electron chi connectivity index (χ1n) is 9.98. The summed E-state index contributed by atoms with van der Waals surface area (Å²) < 4.78 is 5.74. The minimum absolute atomic E-state index is 0.715. The Labute approximate surface area is 157 Å². The molecule has 25 heavy (non-hydrogen) atoms. The minimum Gasteiger partial charge on any atom is -0.376 e. The summed E-state index contributed by atoms with van der Waals surface area (Å²) in [6.07, 6.45) is 13.4. The molecule has 0 heterocycles. The fraction of sp³-hybridized carbons (Fsp3) is 0.565. The van der Waals surface area contributed by atoms with Crippen LogP contribution in [0, 0.1) is 0 Å². The van der Waals surface area contributed by atoms with Crippen LogP contribution in [0.25, 0.3) is 0 Å². The lowest BCUT2D eigenvalue weighted by molar-refractivity contribution is 0.125. The van der Waals surface area contributed by atoms with Gasteiger partial charge in [-0.1, -0.05) is 99.6 Å². The molecule has 0 aromatic heterocycles. The van der Waals surface area contributed by atoms with Crippen LogP contribution in [-0.4, -0.2) is 14.7 Å². The summed E-state index contributed by atoms with van der Waals surface area (Å²) in [5.74, 6) is 0. The minimum atomic E-state index is -1.13. The summed E-state index contributed by atoms with van der Waals surface area (Å²) >= 11 is 0. The van der Waals surface area contributed by atoms with Gasteiger partial charge in [-0.15, -0.1) is 0 Å². The Bertz CT molecular complexity index is 497. The van der Waals surface area contributed by atoms with Crippen molar-refractivity contribution in [2.24, 2.45) is 0 Å². The van der Waals surface area contributed by atoms with Crippen molar-refractivity contribution < 1.29 is 4.74 Å². The van der Waals surface area contributed by atoms with Crippen molar-refractivity contribution in [3.63, 3.8) is 0 Å². The number of hydrogen-bond acceptors (Lipinski definition) is 1. The smallest absolute Gasteiger partial charge is 0.0717 e. The van der Waals surface area contributed by atoms with Crippen molar-refractivity contribution in [2.45, 2.75) is 78.1 Å². The van der Waals surface area contributed by atoms with Crippen LogP contribution in [-0.2, 0) is 11.3 Å². The molecule has 0 bridgehead atoms. The zero-order valence-corrected chi connectivity index (χ0v) is 17.9. The van der Waals surface area contributed by atoms with Gasteiger partial charge in [0.15, 0.2) is 0 Å². The highest BCUT2D eigenvalue weighted by molar-refractivity contribution is 6.81. The maximum absolute atomic E-state index is 5.74. The van der Waals surface area contributed by atoms with Crippen LogP contribution in [0.2, 0.25) is 19.6 Å². The normalized spacial score (nSPS) is 12.9. The second-order valence-corrected chi connectivity index (χ2v) is 13.0. The summed E-state index contributed by atoms with van der Waals surface area (Å²) in [6.45, 7) is 11.1. The molecule has 0 fully saturated rings. The lowest BCUT2D eigenvalue weighted by Gasteiger charge is -2.14. The molecule has 0 saturated carbocycles. The Morgan fingerprint density at radius 3 is 2.44 bits per heavy atom. The molecule has 0 saturated heterocycles. The predicted octanol–water partition coefficient (Wildman–Crippen LogP) is 7.31. The lowest BCUT2D eigenvalue weighted by atomic mass is 10.1. The molecule has 0 aliphatic rings. The summed E-state index contributed by atoms with van der Waals surface area (Å²) in [6, 6.07) is 10.4. The summed E-state index contributed by atoms with van der Waals surface area (Å²) in [5.41, 5.74) is 5.51. The van der Waals surface area contributed by atoms with Gasteiger partial charge >= 0.3 is 0 Å². The summed E-state index contributed by atoms with van der Waals surface area (Å²) in [5, 5.41) is 0. The molecule has 140 valence electrons. The first-order chi connectivity index (χ1) is 12.0. The summed E-state index contributed by atoms with van der Waals surface area (Å²) in [4.78, 5) is 0. The molecule has 0 radical (unpaired) electrons. The molecule has 1 aromatic rings. The molecule has 1 aromatic carbocycles. The molecule has 1 nitrogen and oxygen atoms in total. The van der Waals surface area contributed by atoms with Gasteiger partial charge in [-0.3, -0.25) is 0 Å². The Morgan fingerprint density at radius 1 is 1.00 bits per heavy atom. The third kappa shape index (κ3) is 12.8. The van der Waals surface area contributed by atoms with Gasteiger partial charge in [0, 0.05) is 0 Å². The van der Waals surface area contributed by atoms with Crippen molar-refractivity contribution in [3.05, 3.63) is 59.3 Å². The van der Waals surface area contributed by atoms with E-state index >= 15 is 0 Å². The van der Waals surface area contributed by atoms with Crippen LogP contribution >= 0.6 is 0 Å². The van der Waals surface area contributed by atoms with Gasteiger partial charge in [0.1, 0.15) is 0 Å². The Balaban J connectivity index is 2.27. The van der Waals surface area contributed by atoms with E-state index in [0.717, 1.165) is 19.4 Å². The molecule has 2 heteroatoms. The SMILES string of the molecule is CCCCCC/C(=C\[Si](C)(C)C)C/C=C/CCOCc1ccccc1. The van der Waals surface area contributed by atoms with Crippen LogP contribution in [0.5, 0.6) is 0 Å². The molecular formula is C23H38OSi. The van der Waals surface area contributed by atoms with Gasteiger partial charge in [0.25, 0.3) is 0 Å². The number of allylic oxidation sites excluding steroid dienone is 2. The topological polar surface area (TPSA) is 9.23 Å². The molecule has 0 N–H and O–H groups in total. The van der Waals surface area contributed by atoms with Gasteiger partial charge in [-0.2, -0.15) is 0 Å². The average Bonchev–Trinajstić information content (AvgIpc) is 2.57. The third-order valence-electron chi connectivity index (χ3n) is 4.08. The van der Waals surface area contributed by atoms with Crippen molar-refractivity contribution >= 4 is 8.07 Å². The number of unbranched alkanes of at least 4 members (excludes halogenated alkanes) is 3. The highest BCUT2D eigenvalue weighted by Crippen LogP contribution is 2.18. The zero-order valence-electron chi connectivity index (χ0n) is 16.9. The second kappa shape index (κ2) is 13.1. The standard InChI is InChI=1S/C23H38OSi/c1-5-6-7-10-17-23(21-25(2,3)4)18-13-9-14-19-24-20-22-15-11-8-12-16-22/h8-9,11-13,15-16,21H,5-7,10,14,17-20H2,1-4H3/b13-9+,23-21+. The zero-order chi connectivity index (χ0) is 18.4. The van der Waals surface area contributed by atoms with Gasteiger partial charge in [0.05, 0.1) is 21.3 Å². The van der Waals surface area contributed by atoms with E-state index in [1.165, 1.54) is 37.7 Å². The van der Waals surface area contributed by atoms with E-state index in [1.54, 1.807) is 5.57 Å². The van der Waals surface area contributed by atoms with Crippen molar-refractivity contribution in [1.82, 2.24) is 0 Å². The number of hydrogen-bond donors (Lipinski definition) is 0. The molecule has 1 rings (SSSR count). The van der Waals surface area contributed by atoms with Crippen LogP contribution in [0.3, 0.4) is 0 Å². The molecule has 0 amide bonds.